The van der Waals surface area contributed by atoms with Crippen LogP contribution in [0.15, 0.2) is 41.5 Å². The van der Waals surface area contributed by atoms with E-state index in [-0.39, 0.29) is 6.04 Å². The maximum atomic E-state index is 6.33. The summed E-state index contributed by atoms with van der Waals surface area (Å²) in [5, 5.41) is 8.09. The summed E-state index contributed by atoms with van der Waals surface area (Å²) in [6, 6.07) is 10.9. The van der Waals surface area contributed by atoms with Crippen LogP contribution in [0.25, 0.3) is 0 Å². The molecule has 0 aliphatic heterocycles. The molecule has 0 saturated carbocycles. The standard InChI is InChI=1S/C17H18Cl3N3/c1-10(2)23(16-6-4-5-14(19)17(16)20)22-11(3)13-9-12(18)7-8-15(13)21/h4-10H,21H2,1-3H3/b22-11+. The van der Waals surface area contributed by atoms with E-state index in [1.807, 2.05) is 37.9 Å². The maximum Gasteiger partial charge on any atom is 0.0845 e. The van der Waals surface area contributed by atoms with Crippen LogP contribution in [0.2, 0.25) is 15.1 Å². The Bertz CT molecular complexity index is 742. The monoisotopic (exact) mass is 369 g/mol. The van der Waals surface area contributed by atoms with Gasteiger partial charge in [0.25, 0.3) is 0 Å². The Morgan fingerprint density at radius 3 is 2.48 bits per heavy atom. The lowest BCUT2D eigenvalue weighted by Crippen LogP contribution is -2.27. The molecule has 2 N–H and O–H groups in total. The van der Waals surface area contributed by atoms with E-state index in [0.29, 0.717) is 20.8 Å². The van der Waals surface area contributed by atoms with Crippen molar-refractivity contribution in [3.63, 3.8) is 0 Å². The molecule has 0 bridgehead atoms. The molecule has 0 aromatic heterocycles. The van der Waals surface area contributed by atoms with Crippen molar-refractivity contribution in [1.29, 1.82) is 0 Å². The number of benzene rings is 2. The second-order valence-corrected chi connectivity index (χ2v) is 6.65. The Kier molecular flexibility index (Phi) is 5.79. The van der Waals surface area contributed by atoms with Gasteiger partial charge in [-0.15, -0.1) is 0 Å². The molecule has 2 rings (SSSR count). The minimum Gasteiger partial charge on any atom is -0.398 e. The number of nitrogen functional groups attached to an aromatic ring is 1. The topological polar surface area (TPSA) is 41.6 Å². The van der Waals surface area contributed by atoms with Gasteiger partial charge in [-0.1, -0.05) is 40.9 Å². The van der Waals surface area contributed by atoms with Gasteiger partial charge in [-0.25, -0.2) is 0 Å². The zero-order chi connectivity index (χ0) is 17.1. The zero-order valence-corrected chi connectivity index (χ0v) is 15.4. The van der Waals surface area contributed by atoms with E-state index in [4.69, 9.17) is 40.5 Å². The normalized spacial score (nSPS) is 11.9. The second kappa shape index (κ2) is 7.43. The smallest absolute Gasteiger partial charge is 0.0845 e. The van der Waals surface area contributed by atoms with Gasteiger partial charge in [-0.3, -0.25) is 5.01 Å². The molecule has 0 saturated heterocycles. The molecule has 122 valence electrons. The second-order valence-electron chi connectivity index (χ2n) is 5.43. The minimum atomic E-state index is 0.0846. The van der Waals surface area contributed by atoms with Crippen LogP contribution in [0.1, 0.15) is 26.3 Å². The first-order chi connectivity index (χ1) is 10.8. The van der Waals surface area contributed by atoms with Crippen molar-refractivity contribution in [2.45, 2.75) is 26.8 Å². The van der Waals surface area contributed by atoms with Gasteiger partial charge in [-0.2, -0.15) is 5.10 Å². The van der Waals surface area contributed by atoms with Crippen molar-refractivity contribution in [3.05, 3.63) is 57.0 Å². The fourth-order valence-electron chi connectivity index (χ4n) is 2.17. The van der Waals surface area contributed by atoms with E-state index < -0.39 is 0 Å². The molecule has 2 aromatic carbocycles. The van der Waals surface area contributed by atoms with Gasteiger partial charge in [0.05, 0.1) is 21.4 Å². The number of nitrogens with two attached hydrogens (primary N) is 1. The number of hydrazone groups is 1. The molecule has 0 amide bonds. The molecule has 0 fully saturated rings. The Balaban J connectivity index is 2.50. The summed E-state index contributed by atoms with van der Waals surface area (Å²) < 4.78 is 0. The number of nitrogens with zero attached hydrogens (tertiary/aromatic N) is 2. The van der Waals surface area contributed by atoms with Crippen LogP contribution in [0.5, 0.6) is 0 Å². The third-order valence-electron chi connectivity index (χ3n) is 3.33. The predicted octanol–water partition coefficient (Wildman–Crippen LogP) is 5.87. The van der Waals surface area contributed by atoms with Gasteiger partial charge >= 0.3 is 0 Å². The number of anilines is 2. The number of hydrogen-bond donors (Lipinski definition) is 1. The van der Waals surface area contributed by atoms with Crippen molar-refractivity contribution >= 4 is 51.9 Å². The van der Waals surface area contributed by atoms with Gasteiger partial charge in [0, 0.05) is 22.3 Å². The van der Waals surface area contributed by atoms with Crippen molar-refractivity contribution in [1.82, 2.24) is 0 Å². The molecule has 6 heteroatoms. The predicted molar refractivity (Wildman–Crippen MR) is 102 cm³/mol. The van der Waals surface area contributed by atoms with Crippen LogP contribution in [0.3, 0.4) is 0 Å². The van der Waals surface area contributed by atoms with E-state index in [2.05, 4.69) is 5.10 Å². The number of halogens is 3. The lowest BCUT2D eigenvalue weighted by molar-refractivity contribution is 0.713. The minimum absolute atomic E-state index is 0.0846. The van der Waals surface area contributed by atoms with E-state index in [1.165, 1.54) is 0 Å². The summed E-state index contributed by atoms with van der Waals surface area (Å²) in [7, 11) is 0. The Hall–Kier alpha value is -1.42. The van der Waals surface area contributed by atoms with Crippen LogP contribution in [0, 0.1) is 0 Å². The summed E-state index contributed by atoms with van der Waals surface area (Å²) in [5.41, 5.74) is 8.93. The van der Waals surface area contributed by atoms with Crippen molar-refractivity contribution in [3.8, 4) is 0 Å². The van der Waals surface area contributed by atoms with Gasteiger partial charge < -0.3 is 5.73 Å². The number of hydrogen-bond acceptors (Lipinski definition) is 3. The van der Waals surface area contributed by atoms with Crippen LogP contribution in [-0.2, 0) is 0 Å². The highest BCUT2D eigenvalue weighted by atomic mass is 35.5. The van der Waals surface area contributed by atoms with Crippen LogP contribution in [-0.4, -0.2) is 11.8 Å². The molecular formula is C17H18Cl3N3. The SMILES string of the molecule is C/C(=N\N(c1cccc(Cl)c1Cl)C(C)C)c1cc(Cl)ccc1N. The average Bonchev–Trinajstić information content (AvgIpc) is 2.50. The Morgan fingerprint density at radius 1 is 1.13 bits per heavy atom. The highest BCUT2D eigenvalue weighted by Crippen LogP contribution is 2.34. The molecule has 0 unspecified atom stereocenters. The molecule has 0 radical (unpaired) electrons. The number of rotatable bonds is 4. The van der Waals surface area contributed by atoms with Crippen molar-refractivity contribution in [2.24, 2.45) is 5.10 Å². The fraction of sp³-hybridized carbons (Fsp3) is 0.235. The molecule has 23 heavy (non-hydrogen) atoms. The van der Waals surface area contributed by atoms with Gasteiger partial charge in [0.2, 0.25) is 0 Å². The molecular weight excluding hydrogens is 353 g/mol. The lowest BCUT2D eigenvalue weighted by atomic mass is 10.1. The van der Waals surface area contributed by atoms with E-state index >= 15 is 0 Å². The highest BCUT2D eigenvalue weighted by molar-refractivity contribution is 6.43. The summed E-state index contributed by atoms with van der Waals surface area (Å²) >= 11 is 18.5. The van der Waals surface area contributed by atoms with Gasteiger partial charge in [0.1, 0.15) is 0 Å². The summed E-state index contributed by atoms with van der Waals surface area (Å²) in [6.07, 6.45) is 0. The lowest BCUT2D eigenvalue weighted by Gasteiger charge is -2.26. The Labute approximate surface area is 151 Å². The molecule has 3 nitrogen and oxygen atoms in total. The van der Waals surface area contributed by atoms with E-state index in [1.54, 1.807) is 24.3 Å². The Morgan fingerprint density at radius 2 is 1.83 bits per heavy atom. The van der Waals surface area contributed by atoms with Crippen LogP contribution >= 0.6 is 34.8 Å². The highest BCUT2D eigenvalue weighted by Gasteiger charge is 2.16. The third-order valence-corrected chi connectivity index (χ3v) is 4.37. The quantitative estimate of drug-likeness (QED) is 0.415. The summed E-state index contributed by atoms with van der Waals surface area (Å²) in [5.74, 6) is 0. The third kappa shape index (κ3) is 4.11. The zero-order valence-electron chi connectivity index (χ0n) is 13.1. The molecule has 2 aromatic rings. The molecule has 0 aliphatic rings. The molecule has 0 atom stereocenters. The molecule has 0 spiro atoms. The summed E-state index contributed by atoms with van der Waals surface area (Å²) in [6.45, 7) is 5.93. The fourth-order valence-corrected chi connectivity index (χ4v) is 2.73. The van der Waals surface area contributed by atoms with Gasteiger partial charge in [0.15, 0.2) is 0 Å². The first-order valence-electron chi connectivity index (χ1n) is 7.15. The van der Waals surface area contributed by atoms with Crippen molar-refractivity contribution in [2.75, 3.05) is 10.7 Å². The molecule has 0 aliphatic carbocycles. The van der Waals surface area contributed by atoms with E-state index in [0.717, 1.165) is 17.0 Å². The van der Waals surface area contributed by atoms with Crippen LogP contribution in [0.4, 0.5) is 11.4 Å². The van der Waals surface area contributed by atoms with Crippen LogP contribution < -0.4 is 10.7 Å². The first kappa shape index (κ1) is 17.9. The maximum absolute atomic E-state index is 6.33. The van der Waals surface area contributed by atoms with Crippen molar-refractivity contribution < 1.29 is 0 Å². The average molecular weight is 371 g/mol. The largest absolute Gasteiger partial charge is 0.398 e. The van der Waals surface area contributed by atoms with E-state index in [9.17, 15) is 0 Å². The summed E-state index contributed by atoms with van der Waals surface area (Å²) in [4.78, 5) is 0. The molecule has 0 heterocycles. The van der Waals surface area contributed by atoms with Gasteiger partial charge in [-0.05, 0) is 51.1 Å². The first-order valence-corrected chi connectivity index (χ1v) is 8.28.